The topological polar surface area (TPSA) is 73.1 Å². The van der Waals surface area contributed by atoms with Gasteiger partial charge >= 0.3 is 0 Å². The summed E-state index contributed by atoms with van der Waals surface area (Å²) in [6.07, 6.45) is 3.04. The van der Waals surface area contributed by atoms with Crippen molar-refractivity contribution >= 4 is 21.4 Å². The molecule has 0 saturated heterocycles. The standard InChI is InChI=1S/C18H16N2O2S2/c19-24(21,22)14-8-6-12(7-9-14)15-10-16(15)17-11-20-18(23-17)13-4-2-1-3-5-13/h1-9,11,15-16H,10H2,(H2,19,21,22)/t15-,16+/m0/s1. The first-order chi connectivity index (χ1) is 11.5. The van der Waals surface area contributed by atoms with Gasteiger partial charge in [-0.1, -0.05) is 42.5 Å². The van der Waals surface area contributed by atoms with Gasteiger partial charge in [-0.15, -0.1) is 11.3 Å². The van der Waals surface area contributed by atoms with E-state index in [0.29, 0.717) is 11.8 Å². The van der Waals surface area contributed by atoms with Gasteiger partial charge in [-0.2, -0.15) is 0 Å². The predicted octanol–water partition coefficient (Wildman–Crippen LogP) is 3.73. The number of hydrogen-bond acceptors (Lipinski definition) is 4. The third kappa shape index (κ3) is 3.00. The fourth-order valence-corrected chi connectivity index (χ4v) is 4.57. The number of sulfonamides is 1. The summed E-state index contributed by atoms with van der Waals surface area (Å²) in [5, 5.41) is 6.18. The highest BCUT2D eigenvalue weighted by molar-refractivity contribution is 7.89. The molecule has 3 aromatic rings. The summed E-state index contributed by atoms with van der Waals surface area (Å²) in [5.74, 6) is 0.906. The maximum Gasteiger partial charge on any atom is 0.238 e. The Balaban J connectivity index is 1.52. The third-order valence-electron chi connectivity index (χ3n) is 4.34. The summed E-state index contributed by atoms with van der Waals surface area (Å²) in [7, 11) is -3.63. The van der Waals surface area contributed by atoms with Crippen molar-refractivity contribution in [3.8, 4) is 10.6 Å². The van der Waals surface area contributed by atoms with Crippen LogP contribution in [0.2, 0.25) is 0 Å². The van der Waals surface area contributed by atoms with Crippen molar-refractivity contribution in [2.45, 2.75) is 23.2 Å². The number of thiazole rings is 1. The Morgan fingerprint density at radius 3 is 2.38 bits per heavy atom. The highest BCUT2D eigenvalue weighted by Gasteiger charge is 2.40. The van der Waals surface area contributed by atoms with Crippen LogP contribution >= 0.6 is 11.3 Å². The lowest BCUT2D eigenvalue weighted by Crippen LogP contribution is -2.11. The van der Waals surface area contributed by atoms with Gasteiger partial charge in [0.2, 0.25) is 10.0 Å². The zero-order valence-corrected chi connectivity index (χ0v) is 14.4. The van der Waals surface area contributed by atoms with Crippen molar-refractivity contribution in [2.75, 3.05) is 0 Å². The molecule has 1 saturated carbocycles. The van der Waals surface area contributed by atoms with Crippen molar-refractivity contribution in [1.29, 1.82) is 0 Å². The molecule has 1 fully saturated rings. The van der Waals surface area contributed by atoms with E-state index in [1.54, 1.807) is 23.5 Å². The summed E-state index contributed by atoms with van der Waals surface area (Å²) in [4.78, 5) is 5.99. The van der Waals surface area contributed by atoms with E-state index in [9.17, 15) is 8.42 Å². The second-order valence-electron chi connectivity index (χ2n) is 6.00. The second kappa shape index (κ2) is 5.81. The minimum atomic E-state index is -3.63. The fourth-order valence-electron chi connectivity index (χ4n) is 2.95. The van der Waals surface area contributed by atoms with Gasteiger partial charge < -0.3 is 0 Å². The zero-order chi connectivity index (χ0) is 16.7. The molecule has 2 atom stereocenters. The normalized spacial score (nSPS) is 20.0. The minimum Gasteiger partial charge on any atom is -0.244 e. The molecular formula is C18H16N2O2S2. The number of benzene rings is 2. The number of primary sulfonamides is 1. The van der Waals surface area contributed by atoms with Gasteiger partial charge in [0, 0.05) is 22.6 Å². The largest absolute Gasteiger partial charge is 0.244 e. The number of hydrogen-bond donors (Lipinski definition) is 1. The van der Waals surface area contributed by atoms with Crippen LogP contribution in [0.1, 0.15) is 28.7 Å². The SMILES string of the molecule is NS(=O)(=O)c1ccc([C@@H]2C[C@H]2c2cnc(-c3ccccc3)s2)cc1. The van der Waals surface area contributed by atoms with Gasteiger partial charge in [0.1, 0.15) is 5.01 Å². The maximum absolute atomic E-state index is 11.3. The van der Waals surface area contributed by atoms with Gasteiger partial charge in [0.25, 0.3) is 0 Å². The molecule has 4 rings (SSSR count). The van der Waals surface area contributed by atoms with E-state index >= 15 is 0 Å². The van der Waals surface area contributed by atoms with Crippen LogP contribution in [0.25, 0.3) is 10.6 Å². The number of nitrogens with zero attached hydrogens (tertiary/aromatic N) is 1. The van der Waals surface area contributed by atoms with Crippen LogP contribution in [0.4, 0.5) is 0 Å². The predicted molar refractivity (Wildman–Crippen MR) is 95.5 cm³/mol. The highest BCUT2D eigenvalue weighted by atomic mass is 32.2. The van der Waals surface area contributed by atoms with Crippen LogP contribution < -0.4 is 5.14 Å². The molecule has 1 aliphatic carbocycles. The quantitative estimate of drug-likeness (QED) is 0.774. The summed E-state index contributed by atoms with van der Waals surface area (Å²) in [6.45, 7) is 0. The molecule has 0 amide bonds. The molecule has 1 aromatic heterocycles. The zero-order valence-electron chi connectivity index (χ0n) is 12.8. The number of aromatic nitrogens is 1. The first-order valence-corrected chi connectivity index (χ1v) is 10.0. The molecule has 4 nitrogen and oxygen atoms in total. The average molecular weight is 356 g/mol. The molecule has 2 N–H and O–H groups in total. The van der Waals surface area contributed by atoms with E-state index in [2.05, 4.69) is 17.1 Å². The van der Waals surface area contributed by atoms with E-state index in [0.717, 1.165) is 22.6 Å². The molecule has 0 radical (unpaired) electrons. The van der Waals surface area contributed by atoms with Crippen molar-refractivity contribution in [1.82, 2.24) is 4.98 Å². The Kier molecular flexibility index (Phi) is 3.75. The Morgan fingerprint density at radius 1 is 1.00 bits per heavy atom. The van der Waals surface area contributed by atoms with Crippen LogP contribution in [0, 0.1) is 0 Å². The molecule has 24 heavy (non-hydrogen) atoms. The third-order valence-corrected chi connectivity index (χ3v) is 6.44. The first-order valence-electron chi connectivity index (χ1n) is 7.66. The van der Waals surface area contributed by atoms with Gasteiger partial charge in [0.05, 0.1) is 4.90 Å². The summed E-state index contributed by atoms with van der Waals surface area (Å²) < 4.78 is 22.6. The first kappa shape index (κ1) is 15.5. The minimum absolute atomic E-state index is 0.160. The molecule has 6 heteroatoms. The molecule has 0 aliphatic heterocycles. The monoisotopic (exact) mass is 356 g/mol. The summed E-state index contributed by atoms with van der Waals surface area (Å²) >= 11 is 1.74. The average Bonchev–Trinajstić information content (AvgIpc) is 3.23. The molecular weight excluding hydrogens is 340 g/mol. The highest BCUT2D eigenvalue weighted by Crippen LogP contribution is 2.56. The van der Waals surface area contributed by atoms with Gasteiger partial charge in [-0.05, 0) is 30.0 Å². The molecule has 1 aliphatic rings. The van der Waals surface area contributed by atoms with Gasteiger partial charge in [-0.25, -0.2) is 18.5 Å². The van der Waals surface area contributed by atoms with Crippen molar-refractivity contribution in [3.05, 3.63) is 71.2 Å². The maximum atomic E-state index is 11.3. The van der Waals surface area contributed by atoms with E-state index < -0.39 is 10.0 Å². The number of nitrogens with two attached hydrogens (primary N) is 1. The Labute approximate surface area is 145 Å². The lowest BCUT2D eigenvalue weighted by molar-refractivity contribution is 0.598. The van der Waals surface area contributed by atoms with Crippen LogP contribution in [0.5, 0.6) is 0 Å². The van der Waals surface area contributed by atoms with Gasteiger partial charge in [0.15, 0.2) is 0 Å². The second-order valence-corrected chi connectivity index (χ2v) is 8.62. The lowest BCUT2D eigenvalue weighted by atomic mass is 10.1. The van der Waals surface area contributed by atoms with Crippen LogP contribution in [0.3, 0.4) is 0 Å². The lowest BCUT2D eigenvalue weighted by Gasteiger charge is -2.02. The smallest absolute Gasteiger partial charge is 0.238 e. The van der Waals surface area contributed by atoms with Gasteiger partial charge in [-0.3, -0.25) is 0 Å². The Morgan fingerprint density at radius 2 is 1.71 bits per heavy atom. The van der Waals surface area contributed by atoms with E-state index in [1.165, 1.54) is 4.88 Å². The number of rotatable bonds is 4. The molecule has 2 aromatic carbocycles. The van der Waals surface area contributed by atoms with E-state index in [1.807, 2.05) is 36.5 Å². The Bertz CT molecular complexity index is 964. The molecule has 0 spiro atoms. The van der Waals surface area contributed by atoms with E-state index in [-0.39, 0.29) is 4.90 Å². The fraction of sp³-hybridized carbons (Fsp3) is 0.167. The van der Waals surface area contributed by atoms with Crippen molar-refractivity contribution in [2.24, 2.45) is 5.14 Å². The van der Waals surface area contributed by atoms with Crippen LogP contribution in [0.15, 0.2) is 65.7 Å². The van der Waals surface area contributed by atoms with E-state index in [4.69, 9.17) is 5.14 Å². The van der Waals surface area contributed by atoms with Crippen molar-refractivity contribution < 1.29 is 8.42 Å². The molecule has 1 heterocycles. The molecule has 0 bridgehead atoms. The van der Waals surface area contributed by atoms with Crippen LogP contribution in [-0.2, 0) is 10.0 Å². The molecule has 0 unspecified atom stereocenters. The Hall–Kier alpha value is -2.02. The van der Waals surface area contributed by atoms with Crippen LogP contribution in [-0.4, -0.2) is 13.4 Å². The molecule has 122 valence electrons. The summed E-state index contributed by atoms with van der Waals surface area (Å²) in [6, 6.07) is 17.1. The summed E-state index contributed by atoms with van der Waals surface area (Å²) in [5.41, 5.74) is 2.30. The van der Waals surface area contributed by atoms with Crippen molar-refractivity contribution in [3.63, 3.8) is 0 Å².